The molecule has 0 saturated heterocycles. The summed E-state index contributed by atoms with van der Waals surface area (Å²) in [6, 6.07) is 30.4. The highest BCUT2D eigenvalue weighted by molar-refractivity contribution is 5.92. The SMILES string of the molecule is COc1ccc(COc2ccc(-c3nc(-c4ccccc4)c(NC(=O)Oc4ccc(C)cc4)cc3C)cn2)cc1. The summed E-state index contributed by atoms with van der Waals surface area (Å²) < 4.78 is 16.6. The predicted molar refractivity (Wildman–Crippen MR) is 156 cm³/mol. The van der Waals surface area contributed by atoms with Crippen LogP contribution < -0.4 is 19.5 Å². The Morgan fingerprint density at radius 1 is 0.800 bits per heavy atom. The Balaban J connectivity index is 1.37. The maximum Gasteiger partial charge on any atom is 0.417 e. The van der Waals surface area contributed by atoms with Crippen molar-refractivity contribution in [3.05, 3.63) is 120 Å². The maximum absolute atomic E-state index is 12.8. The lowest BCUT2D eigenvalue weighted by molar-refractivity contribution is 0.215. The third kappa shape index (κ3) is 6.45. The molecule has 3 aromatic carbocycles. The first-order chi connectivity index (χ1) is 19.5. The van der Waals surface area contributed by atoms with Crippen molar-refractivity contribution in [2.75, 3.05) is 12.4 Å². The second-order valence-corrected chi connectivity index (χ2v) is 9.27. The molecule has 7 nitrogen and oxygen atoms in total. The van der Waals surface area contributed by atoms with Crippen molar-refractivity contribution in [2.45, 2.75) is 20.5 Å². The van der Waals surface area contributed by atoms with Gasteiger partial charge in [-0.3, -0.25) is 5.32 Å². The van der Waals surface area contributed by atoms with E-state index in [2.05, 4.69) is 10.3 Å². The van der Waals surface area contributed by atoms with E-state index in [1.165, 1.54) is 0 Å². The third-order valence-corrected chi connectivity index (χ3v) is 6.28. The summed E-state index contributed by atoms with van der Waals surface area (Å²) in [7, 11) is 1.64. The highest BCUT2D eigenvalue weighted by atomic mass is 16.6. The Morgan fingerprint density at radius 3 is 2.20 bits per heavy atom. The molecule has 0 saturated carbocycles. The summed E-state index contributed by atoms with van der Waals surface area (Å²) in [5, 5.41) is 2.87. The number of methoxy groups -OCH3 is 1. The first-order valence-electron chi connectivity index (χ1n) is 12.8. The molecule has 40 heavy (non-hydrogen) atoms. The molecule has 7 heteroatoms. The van der Waals surface area contributed by atoms with Crippen LogP contribution in [0, 0.1) is 13.8 Å². The summed E-state index contributed by atoms with van der Waals surface area (Å²) in [6.45, 7) is 4.32. The van der Waals surface area contributed by atoms with Crippen molar-refractivity contribution in [3.63, 3.8) is 0 Å². The van der Waals surface area contributed by atoms with Gasteiger partial charge in [-0.05, 0) is 61.4 Å². The summed E-state index contributed by atoms with van der Waals surface area (Å²) in [4.78, 5) is 22.2. The highest BCUT2D eigenvalue weighted by Gasteiger charge is 2.16. The molecule has 0 atom stereocenters. The fraction of sp³-hybridized carbons (Fsp3) is 0.121. The van der Waals surface area contributed by atoms with Gasteiger partial charge in [-0.2, -0.15) is 0 Å². The fourth-order valence-electron chi connectivity index (χ4n) is 4.15. The van der Waals surface area contributed by atoms with Crippen LogP contribution in [0.15, 0.2) is 103 Å². The van der Waals surface area contributed by atoms with Crippen molar-refractivity contribution < 1.29 is 19.0 Å². The number of carbonyl (C=O) groups is 1. The number of nitrogens with one attached hydrogen (secondary N) is 1. The zero-order chi connectivity index (χ0) is 27.9. The minimum absolute atomic E-state index is 0.394. The topological polar surface area (TPSA) is 82.6 Å². The van der Waals surface area contributed by atoms with Gasteiger partial charge in [0.25, 0.3) is 0 Å². The van der Waals surface area contributed by atoms with E-state index in [1.807, 2.05) is 98.8 Å². The molecule has 5 aromatic rings. The van der Waals surface area contributed by atoms with E-state index in [4.69, 9.17) is 19.2 Å². The lowest BCUT2D eigenvalue weighted by Crippen LogP contribution is -2.18. The molecule has 200 valence electrons. The van der Waals surface area contributed by atoms with Crippen LogP contribution in [0.4, 0.5) is 10.5 Å². The molecule has 0 fully saturated rings. The quantitative estimate of drug-likeness (QED) is 0.222. The number of rotatable bonds is 8. The lowest BCUT2D eigenvalue weighted by atomic mass is 10.0. The number of anilines is 1. The number of carbonyl (C=O) groups excluding carboxylic acids is 1. The van der Waals surface area contributed by atoms with Gasteiger partial charge in [-0.1, -0.05) is 60.2 Å². The van der Waals surface area contributed by atoms with Crippen LogP contribution in [0.5, 0.6) is 17.4 Å². The molecular formula is C33H29N3O4. The number of hydrogen-bond acceptors (Lipinski definition) is 6. The van der Waals surface area contributed by atoms with Gasteiger partial charge in [0.05, 0.1) is 24.2 Å². The zero-order valence-corrected chi connectivity index (χ0v) is 22.5. The van der Waals surface area contributed by atoms with Gasteiger partial charge in [0.1, 0.15) is 18.1 Å². The summed E-state index contributed by atoms with van der Waals surface area (Å²) in [6.07, 6.45) is 1.15. The highest BCUT2D eigenvalue weighted by Crippen LogP contribution is 2.33. The van der Waals surface area contributed by atoms with Crippen molar-refractivity contribution in [2.24, 2.45) is 0 Å². The normalized spacial score (nSPS) is 10.6. The molecule has 0 bridgehead atoms. The molecular weight excluding hydrogens is 502 g/mol. The van der Waals surface area contributed by atoms with E-state index in [0.717, 1.165) is 39.3 Å². The van der Waals surface area contributed by atoms with Gasteiger partial charge in [-0.25, -0.2) is 14.8 Å². The number of hydrogen-bond donors (Lipinski definition) is 1. The smallest absolute Gasteiger partial charge is 0.417 e. The van der Waals surface area contributed by atoms with E-state index in [9.17, 15) is 4.79 Å². The van der Waals surface area contributed by atoms with E-state index < -0.39 is 6.09 Å². The molecule has 0 aliphatic rings. The molecule has 1 amide bonds. The van der Waals surface area contributed by atoms with Crippen LogP contribution in [-0.4, -0.2) is 23.2 Å². The summed E-state index contributed by atoms with van der Waals surface area (Å²) in [5.74, 6) is 1.78. The Kier molecular flexibility index (Phi) is 8.02. The molecule has 0 spiro atoms. The third-order valence-electron chi connectivity index (χ3n) is 6.28. The van der Waals surface area contributed by atoms with Crippen LogP contribution in [-0.2, 0) is 6.61 Å². The maximum atomic E-state index is 12.8. The van der Waals surface area contributed by atoms with Crippen molar-refractivity contribution in [1.82, 2.24) is 9.97 Å². The number of aryl methyl sites for hydroxylation is 2. The van der Waals surface area contributed by atoms with Gasteiger partial charge in [-0.15, -0.1) is 0 Å². The van der Waals surface area contributed by atoms with E-state index in [0.29, 0.717) is 29.6 Å². The van der Waals surface area contributed by atoms with Crippen LogP contribution in [0.1, 0.15) is 16.7 Å². The number of nitrogens with zero attached hydrogens (tertiary/aromatic N) is 2. The summed E-state index contributed by atoms with van der Waals surface area (Å²) >= 11 is 0. The zero-order valence-electron chi connectivity index (χ0n) is 22.5. The van der Waals surface area contributed by atoms with Gasteiger partial charge >= 0.3 is 6.09 Å². The standard InChI is InChI=1S/C33H29N3O4/c1-22-9-14-28(15-10-22)40-33(37)35-29-19-23(2)31(36-32(29)25-7-5-4-6-8-25)26-13-18-30(34-20-26)39-21-24-11-16-27(38-3)17-12-24/h4-20H,21H2,1-3H3,(H,35,37). The molecule has 0 unspecified atom stereocenters. The van der Waals surface area contributed by atoms with Crippen molar-refractivity contribution in [3.8, 4) is 39.9 Å². The summed E-state index contributed by atoms with van der Waals surface area (Å²) in [5.41, 5.74) is 6.60. The average Bonchev–Trinajstić information content (AvgIpc) is 2.98. The Hall–Kier alpha value is -5.17. The molecule has 0 aliphatic carbocycles. The van der Waals surface area contributed by atoms with E-state index >= 15 is 0 Å². The second kappa shape index (κ2) is 12.1. The van der Waals surface area contributed by atoms with Crippen LogP contribution in [0.2, 0.25) is 0 Å². The van der Waals surface area contributed by atoms with Crippen molar-refractivity contribution in [1.29, 1.82) is 0 Å². The first kappa shape index (κ1) is 26.4. The van der Waals surface area contributed by atoms with E-state index in [-0.39, 0.29) is 0 Å². The number of aromatic nitrogens is 2. The molecule has 0 aliphatic heterocycles. The monoisotopic (exact) mass is 531 g/mol. The molecule has 1 N–H and O–H groups in total. The lowest BCUT2D eigenvalue weighted by Gasteiger charge is -2.15. The second-order valence-electron chi connectivity index (χ2n) is 9.27. The van der Waals surface area contributed by atoms with Gasteiger partial charge in [0.15, 0.2) is 0 Å². The number of benzene rings is 3. The number of ether oxygens (including phenoxy) is 3. The average molecular weight is 532 g/mol. The molecule has 2 aromatic heterocycles. The molecule has 0 radical (unpaired) electrons. The Bertz CT molecular complexity index is 1580. The minimum atomic E-state index is -0.588. The minimum Gasteiger partial charge on any atom is -0.497 e. The van der Waals surface area contributed by atoms with Crippen molar-refractivity contribution >= 4 is 11.8 Å². The van der Waals surface area contributed by atoms with Gasteiger partial charge in [0.2, 0.25) is 5.88 Å². The van der Waals surface area contributed by atoms with Gasteiger partial charge < -0.3 is 14.2 Å². The van der Waals surface area contributed by atoms with Crippen LogP contribution >= 0.6 is 0 Å². The number of amides is 1. The first-order valence-corrected chi connectivity index (χ1v) is 12.8. The van der Waals surface area contributed by atoms with E-state index in [1.54, 1.807) is 25.4 Å². The van der Waals surface area contributed by atoms with Crippen LogP contribution in [0.25, 0.3) is 22.5 Å². The Labute approximate surface area is 233 Å². The number of pyridine rings is 2. The van der Waals surface area contributed by atoms with Crippen LogP contribution in [0.3, 0.4) is 0 Å². The Morgan fingerprint density at radius 2 is 1.52 bits per heavy atom. The molecule has 5 rings (SSSR count). The van der Waals surface area contributed by atoms with Gasteiger partial charge in [0, 0.05) is 23.4 Å². The fourth-order valence-corrected chi connectivity index (χ4v) is 4.15. The largest absolute Gasteiger partial charge is 0.497 e. The molecule has 2 heterocycles. The predicted octanol–water partition coefficient (Wildman–Crippen LogP) is 7.63.